The third-order valence-electron chi connectivity index (χ3n) is 12.5. The Bertz CT molecular complexity index is 2540. The van der Waals surface area contributed by atoms with Crippen molar-refractivity contribution in [2.45, 2.75) is 24.0 Å². The Morgan fingerprint density at radius 3 is 1.46 bits per heavy atom. The Labute approximate surface area is 335 Å². The average Bonchev–Trinajstić information content (AvgIpc) is 3.80. The standard InChI is InChI=1S/C54H43N3/c1-3-15-42(16-4-1)55(43-17-5-2-6-18-43)46-36-40(38-27-31-44(32-28-38)56-51-23-11-7-19-47(51)48-20-8-12-24-52(48)56)35-41(37-46)39-29-33-45(34-30-39)57-53-25-13-9-21-49(53)50-22-10-14-26-54(50)57/h1-37,47-49,51-53H. The van der Waals surface area contributed by atoms with E-state index >= 15 is 0 Å². The second-order valence-corrected chi connectivity index (χ2v) is 15.7. The van der Waals surface area contributed by atoms with E-state index in [2.05, 4.69) is 239 Å². The van der Waals surface area contributed by atoms with E-state index in [0.717, 1.165) is 17.1 Å². The Kier molecular flexibility index (Phi) is 8.24. The third-order valence-corrected chi connectivity index (χ3v) is 12.5. The summed E-state index contributed by atoms with van der Waals surface area (Å²) in [7, 11) is 0. The van der Waals surface area contributed by atoms with E-state index in [4.69, 9.17) is 0 Å². The highest BCUT2D eigenvalue weighted by Gasteiger charge is 2.45. The molecule has 274 valence electrons. The van der Waals surface area contributed by atoms with E-state index in [-0.39, 0.29) is 6.04 Å². The normalized spacial score (nSPS) is 23.3. The summed E-state index contributed by atoms with van der Waals surface area (Å²) in [6.07, 6.45) is 27.5. The Morgan fingerprint density at radius 2 is 0.860 bits per heavy atom. The van der Waals surface area contributed by atoms with E-state index in [1.807, 2.05) is 0 Å². The number of para-hydroxylation sites is 3. The van der Waals surface area contributed by atoms with Crippen molar-refractivity contribution in [1.82, 2.24) is 0 Å². The molecule has 11 rings (SSSR count). The van der Waals surface area contributed by atoms with Crippen LogP contribution in [0.5, 0.6) is 0 Å². The molecule has 0 saturated carbocycles. The molecule has 6 atom stereocenters. The molecule has 0 N–H and O–H groups in total. The van der Waals surface area contributed by atoms with Gasteiger partial charge < -0.3 is 14.7 Å². The van der Waals surface area contributed by atoms with E-state index < -0.39 is 0 Å². The van der Waals surface area contributed by atoms with E-state index in [1.54, 1.807) is 0 Å². The fourth-order valence-electron chi connectivity index (χ4n) is 9.94. The first-order valence-corrected chi connectivity index (χ1v) is 20.3. The molecule has 0 amide bonds. The molecule has 0 spiro atoms. The van der Waals surface area contributed by atoms with Crippen molar-refractivity contribution < 1.29 is 0 Å². The lowest BCUT2D eigenvalue weighted by atomic mass is 9.83. The van der Waals surface area contributed by atoms with Gasteiger partial charge in [0.1, 0.15) is 0 Å². The Balaban J connectivity index is 0.999. The van der Waals surface area contributed by atoms with Gasteiger partial charge in [0.2, 0.25) is 0 Å². The van der Waals surface area contributed by atoms with Gasteiger partial charge in [-0.05, 0) is 101 Å². The third kappa shape index (κ3) is 5.81. The molecule has 3 heteroatoms. The molecule has 0 radical (unpaired) electrons. The number of allylic oxidation sites excluding steroid dienone is 6. The predicted octanol–water partition coefficient (Wildman–Crippen LogP) is 13.3. The molecule has 6 aromatic carbocycles. The van der Waals surface area contributed by atoms with Gasteiger partial charge in [0, 0.05) is 51.9 Å². The number of fused-ring (bicyclic) bond motifs is 6. The van der Waals surface area contributed by atoms with Crippen LogP contribution in [0, 0.1) is 11.8 Å². The summed E-state index contributed by atoms with van der Waals surface area (Å²) in [6, 6.07) is 56.8. The maximum atomic E-state index is 2.62. The summed E-state index contributed by atoms with van der Waals surface area (Å²) in [5, 5.41) is 0. The quantitative estimate of drug-likeness (QED) is 0.162. The number of hydrogen-bond donors (Lipinski definition) is 0. The summed E-state index contributed by atoms with van der Waals surface area (Å²) in [6.45, 7) is 0. The number of nitrogens with zero attached hydrogens (tertiary/aromatic N) is 3. The van der Waals surface area contributed by atoms with Crippen LogP contribution in [0.2, 0.25) is 0 Å². The molecular formula is C54H43N3. The number of anilines is 6. The van der Waals surface area contributed by atoms with Crippen molar-refractivity contribution in [1.29, 1.82) is 0 Å². The van der Waals surface area contributed by atoms with Crippen molar-refractivity contribution in [2.75, 3.05) is 14.7 Å². The highest BCUT2D eigenvalue weighted by Crippen LogP contribution is 2.49. The van der Waals surface area contributed by atoms with Gasteiger partial charge in [0.25, 0.3) is 0 Å². The first kappa shape index (κ1) is 33.5. The second-order valence-electron chi connectivity index (χ2n) is 15.7. The first-order valence-electron chi connectivity index (χ1n) is 20.3. The van der Waals surface area contributed by atoms with E-state index in [0.29, 0.717) is 29.8 Å². The monoisotopic (exact) mass is 733 g/mol. The molecule has 0 bridgehead atoms. The molecule has 5 aliphatic rings. The maximum Gasteiger partial charge on any atom is 0.0629 e. The molecule has 0 aromatic heterocycles. The van der Waals surface area contributed by atoms with Crippen LogP contribution in [-0.2, 0) is 0 Å². The van der Waals surface area contributed by atoms with Gasteiger partial charge in [0.15, 0.2) is 0 Å². The molecule has 1 fully saturated rings. The molecule has 2 heterocycles. The lowest BCUT2D eigenvalue weighted by molar-refractivity contribution is 0.527. The average molecular weight is 734 g/mol. The fraction of sp³-hybridized carbons (Fsp3) is 0.111. The summed E-state index contributed by atoms with van der Waals surface area (Å²) in [5.74, 6) is 1.32. The summed E-state index contributed by atoms with van der Waals surface area (Å²) in [5.41, 5.74) is 13.3. The minimum absolute atomic E-state index is 0.273. The van der Waals surface area contributed by atoms with E-state index in [9.17, 15) is 0 Å². The summed E-state index contributed by atoms with van der Waals surface area (Å²) >= 11 is 0. The SMILES string of the molecule is C1=CC2c3ccccc3N(c3ccc(-c4cc(-c5ccc(N6C7C=CC=CC7C7C=CC=CC76)cc5)cc(N(c5ccccc5)c5ccccc5)c4)cc3)C2C=C1. The topological polar surface area (TPSA) is 9.72 Å². The molecule has 57 heavy (non-hydrogen) atoms. The van der Waals surface area contributed by atoms with Crippen LogP contribution in [0.15, 0.2) is 225 Å². The second kappa shape index (κ2) is 14.0. The zero-order chi connectivity index (χ0) is 37.7. The van der Waals surface area contributed by atoms with Gasteiger partial charge >= 0.3 is 0 Å². The molecule has 3 nitrogen and oxygen atoms in total. The smallest absolute Gasteiger partial charge is 0.0629 e. The van der Waals surface area contributed by atoms with Crippen molar-refractivity contribution in [3.63, 3.8) is 0 Å². The molecular weight excluding hydrogens is 691 g/mol. The minimum atomic E-state index is 0.273. The molecule has 1 saturated heterocycles. The highest BCUT2D eigenvalue weighted by molar-refractivity contribution is 5.86. The van der Waals surface area contributed by atoms with Crippen LogP contribution >= 0.6 is 0 Å². The van der Waals surface area contributed by atoms with Gasteiger partial charge in [-0.15, -0.1) is 0 Å². The van der Waals surface area contributed by atoms with Gasteiger partial charge in [-0.2, -0.15) is 0 Å². The largest absolute Gasteiger partial charge is 0.357 e. The van der Waals surface area contributed by atoms with Crippen molar-refractivity contribution in [2.24, 2.45) is 11.8 Å². The van der Waals surface area contributed by atoms with Gasteiger partial charge in [0.05, 0.1) is 18.1 Å². The van der Waals surface area contributed by atoms with Crippen molar-refractivity contribution in [3.05, 3.63) is 230 Å². The number of rotatable bonds is 7. The molecule has 6 aromatic rings. The minimum Gasteiger partial charge on any atom is -0.357 e. The fourth-order valence-corrected chi connectivity index (χ4v) is 9.94. The van der Waals surface area contributed by atoms with Crippen molar-refractivity contribution in [3.8, 4) is 22.3 Å². The molecule has 6 unspecified atom stereocenters. The number of benzene rings is 6. The van der Waals surface area contributed by atoms with Crippen LogP contribution in [0.3, 0.4) is 0 Å². The maximum absolute atomic E-state index is 2.62. The zero-order valence-corrected chi connectivity index (χ0v) is 31.7. The van der Waals surface area contributed by atoms with Crippen molar-refractivity contribution >= 4 is 34.1 Å². The van der Waals surface area contributed by atoms with Crippen LogP contribution in [-0.4, -0.2) is 18.1 Å². The van der Waals surface area contributed by atoms with Crippen LogP contribution < -0.4 is 14.7 Å². The van der Waals surface area contributed by atoms with E-state index in [1.165, 1.54) is 44.9 Å². The molecule has 2 aliphatic heterocycles. The zero-order valence-electron chi connectivity index (χ0n) is 31.7. The summed E-state index contributed by atoms with van der Waals surface area (Å²) < 4.78 is 0. The summed E-state index contributed by atoms with van der Waals surface area (Å²) in [4.78, 5) is 7.50. The lowest BCUT2D eigenvalue weighted by Crippen LogP contribution is -2.36. The van der Waals surface area contributed by atoms with Crippen LogP contribution in [0.4, 0.5) is 34.1 Å². The number of hydrogen-bond acceptors (Lipinski definition) is 3. The van der Waals surface area contributed by atoms with Gasteiger partial charge in [-0.1, -0.05) is 152 Å². The highest BCUT2D eigenvalue weighted by atomic mass is 15.2. The lowest BCUT2D eigenvalue weighted by Gasteiger charge is -2.32. The van der Waals surface area contributed by atoms with Crippen LogP contribution in [0.25, 0.3) is 22.3 Å². The van der Waals surface area contributed by atoms with Gasteiger partial charge in [-0.25, -0.2) is 0 Å². The predicted molar refractivity (Wildman–Crippen MR) is 239 cm³/mol. The van der Waals surface area contributed by atoms with Gasteiger partial charge in [-0.3, -0.25) is 0 Å². The first-order chi connectivity index (χ1) is 28.3. The Morgan fingerprint density at radius 1 is 0.368 bits per heavy atom. The van der Waals surface area contributed by atoms with Crippen LogP contribution in [0.1, 0.15) is 11.5 Å². The molecule has 3 aliphatic carbocycles. The Hall–Kier alpha value is -6.84.